The van der Waals surface area contributed by atoms with E-state index in [1.165, 1.54) is 17.4 Å². The standard InChI is InChI=1S/C17H13ClN2O2S/c18-13-5-3-12(4-6-13)10-15-11-19-17(23-15)20-16(21)8-7-14-2-1-9-22-14/h1-9,11H,10H2,(H,19,20,21). The van der Waals surface area contributed by atoms with Gasteiger partial charge in [-0.15, -0.1) is 11.3 Å². The lowest BCUT2D eigenvalue weighted by Crippen LogP contribution is -2.06. The molecule has 0 saturated heterocycles. The van der Waals surface area contributed by atoms with Gasteiger partial charge in [0, 0.05) is 28.6 Å². The van der Waals surface area contributed by atoms with Crippen molar-refractivity contribution < 1.29 is 9.21 Å². The fourth-order valence-electron chi connectivity index (χ4n) is 1.94. The monoisotopic (exact) mass is 344 g/mol. The zero-order chi connectivity index (χ0) is 16.1. The molecule has 0 fully saturated rings. The molecule has 0 radical (unpaired) electrons. The molecule has 0 spiro atoms. The molecule has 1 aromatic carbocycles. The number of nitrogens with one attached hydrogen (secondary N) is 1. The van der Waals surface area contributed by atoms with Crippen molar-refractivity contribution in [3.8, 4) is 0 Å². The first kappa shape index (κ1) is 15.5. The molecule has 116 valence electrons. The minimum absolute atomic E-state index is 0.242. The van der Waals surface area contributed by atoms with Gasteiger partial charge in [-0.3, -0.25) is 10.1 Å². The lowest BCUT2D eigenvalue weighted by atomic mass is 10.1. The minimum atomic E-state index is -0.242. The second-order valence-electron chi connectivity index (χ2n) is 4.77. The highest BCUT2D eigenvalue weighted by molar-refractivity contribution is 7.15. The van der Waals surface area contributed by atoms with E-state index in [0.717, 1.165) is 16.9 Å². The molecule has 23 heavy (non-hydrogen) atoms. The number of hydrogen-bond acceptors (Lipinski definition) is 4. The molecule has 0 bridgehead atoms. The summed E-state index contributed by atoms with van der Waals surface area (Å²) in [5, 5.41) is 4.03. The third-order valence-electron chi connectivity index (χ3n) is 3.02. The van der Waals surface area contributed by atoms with Crippen LogP contribution in [0, 0.1) is 0 Å². The Bertz CT molecular complexity index is 808. The zero-order valence-electron chi connectivity index (χ0n) is 12.0. The summed E-state index contributed by atoms with van der Waals surface area (Å²) in [6.45, 7) is 0. The molecule has 4 nitrogen and oxygen atoms in total. The van der Waals surface area contributed by atoms with Gasteiger partial charge in [-0.25, -0.2) is 4.98 Å². The SMILES string of the molecule is O=C(C=Cc1ccco1)Nc1ncc(Cc2ccc(Cl)cc2)s1. The predicted molar refractivity (Wildman–Crippen MR) is 92.7 cm³/mol. The number of carbonyl (C=O) groups excluding carboxylic acids is 1. The normalized spacial score (nSPS) is 11.0. The van der Waals surface area contributed by atoms with Crippen LogP contribution in [0.15, 0.2) is 59.4 Å². The van der Waals surface area contributed by atoms with E-state index >= 15 is 0 Å². The van der Waals surface area contributed by atoms with E-state index in [2.05, 4.69) is 10.3 Å². The van der Waals surface area contributed by atoms with Gasteiger partial charge in [0.05, 0.1) is 6.26 Å². The molecule has 2 heterocycles. The van der Waals surface area contributed by atoms with Crippen molar-refractivity contribution in [1.29, 1.82) is 0 Å². The zero-order valence-corrected chi connectivity index (χ0v) is 13.6. The Morgan fingerprint density at radius 3 is 2.87 bits per heavy atom. The van der Waals surface area contributed by atoms with Crippen molar-refractivity contribution in [1.82, 2.24) is 4.98 Å². The molecule has 0 atom stereocenters. The van der Waals surface area contributed by atoms with Crippen LogP contribution in [0.4, 0.5) is 5.13 Å². The number of amides is 1. The number of nitrogens with zero attached hydrogens (tertiary/aromatic N) is 1. The number of aromatic nitrogens is 1. The summed E-state index contributed by atoms with van der Waals surface area (Å²) >= 11 is 7.32. The predicted octanol–water partition coefficient (Wildman–Crippen LogP) is 4.63. The Balaban J connectivity index is 1.58. The molecule has 3 aromatic rings. The fourth-order valence-corrected chi connectivity index (χ4v) is 2.92. The van der Waals surface area contributed by atoms with E-state index in [4.69, 9.17) is 16.0 Å². The van der Waals surface area contributed by atoms with Crippen LogP contribution < -0.4 is 5.32 Å². The summed E-state index contributed by atoms with van der Waals surface area (Å²) in [5.41, 5.74) is 1.15. The maximum absolute atomic E-state index is 11.8. The molecule has 0 unspecified atom stereocenters. The van der Waals surface area contributed by atoms with Gasteiger partial charge in [-0.05, 0) is 35.9 Å². The molecular formula is C17H13ClN2O2S. The third kappa shape index (κ3) is 4.55. The molecule has 0 aliphatic rings. The lowest BCUT2D eigenvalue weighted by Gasteiger charge is -1.98. The molecule has 6 heteroatoms. The molecular weight excluding hydrogens is 332 g/mol. The fraction of sp³-hybridized carbons (Fsp3) is 0.0588. The topological polar surface area (TPSA) is 55.1 Å². The first-order chi connectivity index (χ1) is 11.2. The Hall–Kier alpha value is -2.37. The summed E-state index contributed by atoms with van der Waals surface area (Å²) in [4.78, 5) is 17.1. The number of anilines is 1. The largest absolute Gasteiger partial charge is 0.465 e. The van der Waals surface area contributed by atoms with Crippen LogP contribution in [0.3, 0.4) is 0 Å². The van der Waals surface area contributed by atoms with Gasteiger partial charge in [-0.2, -0.15) is 0 Å². The van der Waals surface area contributed by atoms with E-state index in [0.29, 0.717) is 15.9 Å². The highest BCUT2D eigenvalue weighted by atomic mass is 35.5. The smallest absolute Gasteiger partial charge is 0.250 e. The molecule has 2 aromatic heterocycles. The Morgan fingerprint density at radius 1 is 1.30 bits per heavy atom. The van der Waals surface area contributed by atoms with Crippen LogP contribution in [0.2, 0.25) is 5.02 Å². The number of benzene rings is 1. The highest BCUT2D eigenvalue weighted by Crippen LogP contribution is 2.22. The first-order valence-electron chi connectivity index (χ1n) is 6.91. The average molecular weight is 345 g/mol. The van der Waals surface area contributed by atoms with E-state index in [9.17, 15) is 4.79 Å². The minimum Gasteiger partial charge on any atom is -0.465 e. The van der Waals surface area contributed by atoms with Crippen LogP contribution in [0.1, 0.15) is 16.2 Å². The van der Waals surface area contributed by atoms with Gasteiger partial charge >= 0.3 is 0 Å². The third-order valence-corrected chi connectivity index (χ3v) is 4.18. The van der Waals surface area contributed by atoms with Crippen molar-refractivity contribution in [2.45, 2.75) is 6.42 Å². The van der Waals surface area contributed by atoms with E-state index in [1.807, 2.05) is 24.3 Å². The van der Waals surface area contributed by atoms with Crippen LogP contribution >= 0.6 is 22.9 Å². The summed E-state index contributed by atoms with van der Waals surface area (Å²) in [7, 11) is 0. The van der Waals surface area contributed by atoms with Gasteiger partial charge in [0.1, 0.15) is 5.76 Å². The van der Waals surface area contributed by atoms with E-state index in [1.54, 1.807) is 30.7 Å². The van der Waals surface area contributed by atoms with Crippen LogP contribution in [0.25, 0.3) is 6.08 Å². The number of carbonyl (C=O) groups is 1. The lowest BCUT2D eigenvalue weighted by molar-refractivity contribution is -0.111. The molecule has 0 aliphatic carbocycles. The summed E-state index contributed by atoms with van der Waals surface area (Å²) in [5.74, 6) is 0.386. The van der Waals surface area contributed by atoms with Crippen LogP contribution in [0.5, 0.6) is 0 Å². The summed E-state index contributed by atoms with van der Waals surface area (Å²) in [6, 6.07) is 11.2. The first-order valence-corrected chi connectivity index (χ1v) is 8.10. The number of furan rings is 1. The van der Waals surface area contributed by atoms with Crippen molar-refractivity contribution in [3.05, 3.63) is 76.2 Å². The Morgan fingerprint density at radius 2 is 2.13 bits per heavy atom. The number of hydrogen-bond donors (Lipinski definition) is 1. The molecule has 0 aliphatic heterocycles. The van der Waals surface area contributed by atoms with Gasteiger partial charge in [0.25, 0.3) is 0 Å². The van der Waals surface area contributed by atoms with Crippen molar-refractivity contribution >= 4 is 40.1 Å². The number of thiazole rings is 1. The second kappa shape index (κ2) is 7.26. The number of rotatable bonds is 5. The summed E-state index contributed by atoms with van der Waals surface area (Å²) in [6.07, 6.45) is 7.11. The van der Waals surface area contributed by atoms with Gasteiger partial charge in [0.15, 0.2) is 5.13 Å². The Kier molecular flexibility index (Phi) is 4.90. The maximum atomic E-state index is 11.8. The summed E-state index contributed by atoms with van der Waals surface area (Å²) < 4.78 is 5.12. The average Bonchev–Trinajstić information content (AvgIpc) is 3.20. The molecule has 0 saturated carbocycles. The van der Waals surface area contributed by atoms with Crippen molar-refractivity contribution in [3.63, 3.8) is 0 Å². The van der Waals surface area contributed by atoms with Gasteiger partial charge < -0.3 is 4.42 Å². The van der Waals surface area contributed by atoms with E-state index < -0.39 is 0 Å². The van der Waals surface area contributed by atoms with Crippen molar-refractivity contribution in [2.24, 2.45) is 0 Å². The van der Waals surface area contributed by atoms with E-state index in [-0.39, 0.29) is 5.91 Å². The second-order valence-corrected chi connectivity index (χ2v) is 6.32. The quantitative estimate of drug-likeness (QED) is 0.686. The van der Waals surface area contributed by atoms with Crippen molar-refractivity contribution in [2.75, 3.05) is 5.32 Å². The van der Waals surface area contributed by atoms with Crippen LogP contribution in [-0.2, 0) is 11.2 Å². The van der Waals surface area contributed by atoms with Crippen LogP contribution in [-0.4, -0.2) is 10.9 Å². The van der Waals surface area contributed by atoms with Gasteiger partial charge in [-0.1, -0.05) is 23.7 Å². The van der Waals surface area contributed by atoms with Gasteiger partial charge in [0.2, 0.25) is 5.91 Å². The molecule has 1 N–H and O–H groups in total. The molecule has 3 rings (SSSR count). The molecule has 1 amide bonds. The maximum Gasteiger partial charge on any atom is 0.250 e. The highest BCUT2D eigenvalue weighted by Gasteiger charge is 2.05. The number of halogens is 1. The Labute approximate surface area is 142 Å².